The van der Waals surface area contributed by atoms with Crippen molar-refractivity contribution in [2.24, 2.45) is 0 Å². The third-order valence-corrected chi connectivity index (χ3v) is 8.50. The van der Waals surface area contributed by atoms with Gasteiger partial charge < -0.3 is 18.9 Å². The summed E-state index contributed by atoms with van der Waals surface area (Å²) in [4.78, 5) is 12.0. The van der Waals surface area contributed by atoms with E-state index >= 15 is 0 Å². The highest BCUT2D eigenvalue weighted by atomic mass is 31.2. The van der Waals surface area contributed by atoms with Crippen LogP contribution in [0.2, 0.25) is 0 Å². The monoisotopic (exact) mass is 485 g/mol. The molecular formula is C24H32N5O4P. The van der Waals surface area contributed by atoms with Gasteiger partial charge in [0, 0.05) is 42.9 Å². The zero-order valence-electron chi connectivity index (χ0n) is 20.0. The van der Waals surface area contributed by atoms with Crippen LogP contribution in [0.25, 0.3) is 22.3 Å². The summed E-state index contributed by atoms with van der Waals surface area (Å²) in [5, 5.41) is 6.01. The SMILES string of the molecule is CCOP(C)(=O)c1cc(N2CCOCC2C)nc2c(-c3ccnn3C3CCCCO3)nccc12. The van der Waals surface area contributed by atoms with Crippen molar-refractivity contribution in [2.45, 2.75) is 45.4 Å². The Morgan fingerprint density at radius 2 is 2.12 bits per heavy atom. The van der Waals surface area contributed by atoms with Gasteiger partial charge in [-0.2, -0.15) is 5.10 Å². The summed E-state index contributed by atoms with van der Waals surface area (Å²) in [5.41, 5.74) is 2.23. The maximum atomic E-state index is 13.7. The lowest BCUT2D eigenvalue weighted by Crippen LogP contribution is -2.44. The van der Waals surface area contributed by atoms with Gasteiger partial charge in [-0.15, -0.1) is 0 Å². The molecule has 0 radical (unpaired) electrons. The van der Waals surface area contributed by atoms with Gasteiger partial charge in [0.05, 0.1) is 31.6 Å². The van der Waals surface area contributed by atoms with E-state index in [2.05, 4.69) is 16.9 Å². The van der Waals surface area contributed by atoms with Gasteiger partial charge >= 0.3 is 0 Å². The first kappa shape index (κ1) is 23.4. The van der Waals surface area contributed by atoms with Crippen molar-refractivity contribution in [1.82, 2.24) is 19.7 Å². The second-order valence-corrected chi connectivity index (χ2v) is 11.4. The number of ether oxygens (including phenoxy) is 2. The summed E-state index contributed by atoms with van der Waals surface area (Å²) in [6, 6.07) is 5.89. The molecule has 0 spiro atoms. The first-order chi connectivity index (χ1) is 16.5. The van der Waals surface area contributed by atoms with Crippen LogP contribution in [0.5, 0.6) is 0 Å². The normalized spacial score (nSPS) is 23.2. The number of hydrogen-bond donors (Lipinski definition) is 0. The van der Waals surface area contributed by atoms with Crippen LogP contribution in [0.1, 0.15) is 39.3 Å². The van der Waals surface area contributed by atoms with Crippen molar-refractivity contribution >= 4 is 29.4 Å². The molecule has 3 atom stereocenters. The molecule has 10 heteroatoms. The Kier molecular flexibility index (Phi) is 6.71. The zero-order chi connectivity index (χ0) is 23.7. The van der Waals surface area contributed by atoms with Crippen LogP contribution in [-0.2, 0) is 18.6 Å². The molecule has 0 bridgehead atoms. The van der Waals surface area contributed by atoms with E-state index in [9.17, 15) is 4.57 Å². The quantitative estimate of drug-likeness (QED) is 0.484. The van der Waals surface area contributed by atoms with Gasteiger partial charge in [0.15, 0.2) is 6.23 Å². The standard InChI is InChI=1S/C24H32N5O4P/c1-4-33-34(3,30)20-15-21(28-12-14-31-16-17(28)2)27-23-18(20)8-10-25-24(23)19-9-11-26-29(19)22-7-5-6-13-32-22/h8-11,15,17,22H,4-7,12-14,16H2,1-3H3. The van der Waals surface area contributed by atoms with E-state index in [1.165, 1.54) is 0 Å². The Morgan fingerprint density at radius 1 is 1.24 bits per heavy atom. The molecule has 0 saturated carbocycles. The highest BCUT2D eigenvalue weighted by Crippen LogP contribution is 2.45. The number of pyridine rings is 2. The van der Waals surface area contributed by atoms with Crippen molar-refractivity contribution in [3.8, 4) is 11.4 Å². The van der Waals surface area contributed by atoms with Gasteiger partial charge in [0.2, 0.25) is 7.37 Å². The molecular weight excluding hydrogens is 453 g/mol. The number of fused-ring (bicyclic) bond motifs is 1. The smallest absolute Gasteiger partial charge is 0.229 e. The van der Waals surface area contributed by atoms with Crippen molar-refractivity contribution in [3.05, 3.63) is 30.6 Å². The van der Waals surface area contributed by atoms with E-state index in [0.717, 1.165) is 42.8 Å². The third kappa shape index (κ3) is 4.38. The summed E-state index contributed by atoms with van der Waals surface area (Å²) in [7, 11) is -3.10. The molecule has 0 amide bonds. The van der Waals surface area contributed by atoms with E-state index in [1.54, 1.807) is 19.1 Å². The predicted molar refractivity (Wildman–Crippen MR) is 132 cm³/mol. The van der Waals surface area contributed by atoms with Crippen LogP contribution in [0.4, 0.5) is 5.82 Å². The minimum absolute atomic E-state index is 0.126. The van der Waals surface area contributed by atoms with Crippen molar-refractivity contribution in [3.63, 3.8) is 0 Å². The van der Waals surface area contributed by atoms with Gasteiger partial charge in [-0.05, 0) is 51.3 Å². The van der Waals surface area contributed by atoms with Crippen molar-refractivity contribution in [2.75, 3.05) is 44.5 Å². The lowest BCUT2D eigenvalue weighted by atomic mass is 10.1. The van der Waals surface area contributed by atoms with E-state index < -0.39 is 7.37 Å². The fourth-order valence-corrected chi connectivity index (χ4v) is 6.42. The van der Waals surface area contributed by atoms with E-state index in [4.69, 9.17) is 24.0 Å². The predicted octanol–water partition coefficient (Wildman–Crippen LogP) is 3.99. The lowest BCUT2D eigenvalue weighted by Gasteiger charge is -2.35. The van der Waals surface area contributed by atoms with Gasteiger partial charge in [0.25, 0.3) is 0 Å². The molecule has 2 aliphatic rings. The highest BCUT2D eigenvalue weighted by Gasteiger charge is 2.29. The topological polar surface area (TPSA) is 91.6 Å². The van der Waals surface area contributed by atoms with Crippen LogP contribution >= 0.6 is 7.37 Å². The molecule has 2 saturated heterocycles. The maximum Gasteiger partial charge on any atom is 0.229 e. The van der Waals surface area contributed by atoms with E-state index in [-0.39, 0.29) is 12.3 Å². The van der Waals surface area contributed by atoms with Crippen molar-refractivity contribution < 1.29 is 18.6 Å². The largest absolute Gasteiger partial charge is 0.377 e. The Labute approximate surface area is 199 Å². The van der Waals surface area contributed by atoms with E-state index in [0.29, 0.717) is 42.9 Å². The Balaban J connectivity index is 1.71. The van der Waals surface area contributed by atoms with Gasteiger partial charge in [0.1, 0.15) is 17.0 Å². The minimum Gasteiger partial charge on any atom is -0.377 e. The summed E-state index contributed by atoms with van der Waals surface area (Å²) in [6.07, 6.45) is 6.46. The number of anilines is 1. The summed E-state index contributed by atoms with van der Waals surface area (Å²) in [6.45, 7) is 8.70. The van der Waals surface area contributed by atoms with Crippen LogP contribution in [-0.4, -0.2) is 65.4 Å². The highest BCUT2D eigenvalue weighted by molar-refractivity contribution is 7.66. The third-order valence-electron chi connectivity index (χ3n) is 6.51. The number of hydrogen-bond acceptors (Lipinski definition) is 8. The van der Waals surface area contributed by atoms with E-state index in [1.807, 2.05) is 29.8 Å². The minimum atomic E-state index is -3.10. The molecule has 3 aromatic heterocycles. The Bertz CT molecular complexity index is 1210. The zero-order valence-corrected chi connectivity index (χ0v) is 20.9. The fourth-order valence-electron chi connectivity index (χ4n) is 4.82. The number of aromatic nitrogens is 4. The number of rotatable bonds is 6. The van der Waals surface area contributed by atoms with Gasteiger partial charge in [-0.3, -0.25) is 9.55 Å². The molecule has 182 valence electrons. The first-order valence-corrected chi connectivity index (χ1v) is 14.1. The maximum absolute atomic E-state index is 13.7. The van der Waals surface area contributed by atoms with Crippen LogP contribution < -0.4 is 10.2 Å². The number of morpholine rings is 1. The van der Waals surface area contributed by atoms with Crippen LogP contribution in [0, 0.1) is 0 Å². The van der Waals surface area contributed by atoms with Crippen molar-refractivity contribution in [1.29, 1.82) is 0 Å². The second kappa shape index (κ2) is 9.74. The first-order valence-electron chi connectivity index (χ1n) is 12.0. The molecule has 0 N–H and O–H groups in total. The molecule has 0 aliphatic carbocycles. The van der Waals surface area contributed by atoms with Gasteiger partial charge in [-0.1, -0.05) is 0 Å². The molecule has 2 fully saturated rings. The second-order valence-electron chi connectivity index (χ2n) is 8.92. The molecule has 2 aliphatic heterocycles. The van der Waals surface area contributed by atoms with Crippen LogP contribution in [0.15, 0.2) is 30.6 Å². The average molecular weight is 486 g/mol. The molecule has 0 aromatic carbocycles. The summed E-state index contributed by atoms with van der Waals surface area (Å²) in [5.74, 6) is 0.759. The Morgan fingerprint density at radius 3 is 2.88 bits per heavy atom. The molecule has 3 aromatic rings. The average Bonchev–Trinajstić information content (AvgIpc) is 3.33. The Hall–Kier alpha value is -2.32. The summed E-state index contributed by atoms with van der Waals surface area (Å²) >= 11 is 0. The molecule has 3 unspecified atom stereocenters. The molecule has 5 heterocycles. The lowest BCUT2D eigenvalue weighted by molar-refractivity contribution is -0.0383. The fraction of sp³-hybridized carbons (Fsp3) is 0.542. The van der Waals surface area contributed by atoms with Crippen LogP contribution in [0.3, 0.4) is 0 Å². The summed E-state index contributed by atoms with van der Waals surface area (Å²) < 4.78 is 33.0. The number of nitrogens with zero attached hydrogens (tertiary/aromatic N) is 5. The molecule has 9 nitrogen and oxygen atoms in total. The van der Waals surface area contributed by atoms with Gasteiger partial charge in [-0.25, -0.2) is 9.67 Å². The molecule has 34 heavy (non-hydrogen) atoms. The molecule has 5 rings (SSSR count).